The number of nitrogens with zero attached hydrogens (tertiary/aromatic N) is 4. The van der Waals surface area contributed by atoms with E-state index in [1.807, 2.05) is 23.1 Å². The van der Waals surface area contributed by atoms with Crippen LogP contribution in [0.4, 0.5) is 19.5 Å². The predicted octanol–water partition coefficient (Wildman–Crippen LogP) is 4.41. The van der Waals surface area contributed by atoms with Crippen LogP contribution in [0.2, 0.25) is 0 Å². The zero-order valence-corrected chi connectivity index (χ0v) is 19.0. The van der Waals surface area contributed by atoms with Crippen LogP contribution in [0, 0.1) is 6.92 Å². The lowest BCUT2D eigenvalue weighted by molar-refractivity contribution is 0.0565. The quantitative estimate of drug-likeness (QED) is 0.554. The molecule has 2 aliphatic rings. The van der Waals surface area contributed by atoms with Crippen LogP contribution in [0.5, 0.6) is 0 Å². The maximum absolute atomic E-state index is 13.2. The van der Waals surface area contributed by atoms with E-state index in [1.54, 1.807) is 19.3 Å². The summed E-state index contributed by atoms with van der Waals surface area (Å²) in [6.45, 7) is 0.322. The smallest absolute Gasteiger partial charge is 0.324 e. The lowest BCUT2D eigenvalue weighted by Gasteiger charge is -2.49. The van der Waals surface area contributed by atoms with Crippen LogP contribution in [-0.2, 0) is 0 Å². The van der Waals surface area contributed by atoms with Gasteiger partial charge in [0.25, 0.3) is 0 Å². The summed E-state index contributed by atoms with van der Waals surface area (Å²) in [6.07, 6.45) is 7.49. The number of halogens is 2. The lowest BCUT2D eigenvalue weighted by atomic mass is 9.81. The molecule has 8 nitrogen and oxygen atoms in total. The Bertz CT molecular complexity index is 1150. The first-order chi connectivity index (χ1) is 16.5. The fourth-order valence-corrected chi connectivity index (χ4v) is 5.20. The number of aromatic nitrogens is 3. The summed E-state index contributed by atoms with van der Waals surface area (Å²) in [5.74, 6) is 1.47. The van der Waals surface area contributed by atoms with E-state index in [9.17, 15) is 13.6 Å². The number of aryl methyl sites for hydroxylation is 1. The number of amides is 2. The van der Waals surface area contributed by atoms with Crippen molar-refractivity contribution in [1.82, 2.24) is 25.2 Å². The van der Waals surface area contributed by atoms with Gasteiger partial charge >= 0.3 is 6.03 Å². The highest BCUT2D eigenvalue weighted by molar-refractivity contribution is 5.90. The number of nitrogens with one attached hydrogen (secondary N) is 2. The molecule has 3 atom stereocenters. The van der Waals surface area contributed by atoms with Crippen molar-refractivity contribution in [2.45, 2.75) is 63.2 Å². The molecule has 0 unspecified atom stereocenters. The molecule has 1 aromatic carbocycles. The zero-order chi connectivity index (χ0) is 23.7. The van der Waals surface area contributed by atoms with Crippen molar-refractivity contribution < 1.29 is 18.0 Å². The molecular formula is C24H28F2N6O2. The van der Waals surface area contributed by atoms with Crippen LogP contribution in [0.3, 0.4) is 0 Å². The van der Waals surface area contributed by atoms with Gasteiger partial charge in [-0.1, -0.05) is 12.1 Å². The second kappa shape index (κ2) is 9.61. The van der Waals surface area contributed by atoms with E-state index in [4.69, 9.17) is 4.42 Å². The van der Waals surface area contributed by atoms with Crippen molar-refractivity contribution in [2.24, 2.45) is 0 Å². The van der Waals surface area contributed by atoms with Crippen LogP contribution in [0.1, 0.15) is 38.0 Å². The van der Waals surface area contributed by atoms with Crippen molar-refractivity contribution in [1.29, 1.82) is 0 Å². The Morgan fingerprint density at radius 1 is 1.18 bits per heavy atom. The maximum Gasteiger partial charge on any atom is 0.324 e. The standard InChI is InChI=1S/C24H28F2N6O2/c1-14-27-13-22(34-14)15-5-6-16-12-28-23(30-21(16)7-15)31-24(33)32-19-3-2-4-20(32)9-17(8-19)29-18(10-25)11-26/h5-7,12-13,17-20,29H,2-4,8-11H2,1H3,(H,28,30,31,33)/t17-,19-,20+. The summed E-state index contributed by atoms with van der Waals surface area (Å²) >= 11 is 0. The van der Waals surface area contributed by atoms with E-state index in [0.717, 1.165) is 30.2 Å². The van der Waals surface area contributed by atoms with E-state index in [1.165, 1.54) is 0 Å². The van der Waals surface area contributed by atoms with Gasteiger partial charge in [-0.15, -0.1) is 0 Å². The highest BCUT2D eigenvalue weighted by Gasteiger charge is 2.41. The van der Waals surface area contributed by atoms with Gasteiger partial charge in [0.05, 0.1) is 17.8 Å². The summed E-state index contributed by atoms with van der Waals surface area (Å²) in [7, 11) is 0. The van der Waals surface area contributed by atoms with Crippen LogP contribution in [0.25, 0.3) is 22.2 Å². The van der Waals surface area contributed by atoms with Crippen LogP contribution in [-0.4, -0.2) is 63.4 Å². The number of alkyl halides is 2. The number of carbonyl (C=O) groups is 1. The summed E-state index contributed by atoms with van der Waals surface area (Å²) in [5.41, 5.74) is 1.52. The number of oxazole rings is 1. The maximum atomic E-state index is 13.2. The van der Waals surface area contributed by atoms with E-state index >= 15 is 0 Å². The molecule has 2 bridgehead atoms. The number of anilines is 1. The second-order valence-corrected chi connectivity index (χ2v) is 9.13. The van der Waals surface area contributed by atoms with Crippen molar-refractivity contribution in [3.05, 3.63) is 36.5 Å². The molecule has 3 aromatic rings. The van der Waals surface area contributed by atoms with E-state index in [2.05, 4.69) is 25.6 Å². The molecule has 0 spiro atoms. The van der Waals surface area contributed by atoms with Gasteiger partial charge < -0.3 is 14.6 Å². The van der Waals surface area contributed by atoms with Gasteiger partial charge in [-0.25, -0.2) is 28.5 Å². The summed E-state index contributed by atoms with van der Waals surface area (Å²) < 4.78 is 31.6. The molecule has 2 aliphatic heterocycles. The summed E-state index contributed by atoms with van der Waals surface area (Å²) in [4.78, 5) is 28.1. The predicted molar refractivity (Wildman–Crippen MR) is 124 cm³/mol. The number of rotatable bonds is 6. The third-order valence-electron chi connectivity index (χ3n) is 6.76. The number of benzene rings is 1. The number of urea groups is 1. The minimum absolute atomic E-state index is 0.00548. The third-order valence-corrected chi connectivity index (χ3v) is 6.76. The molecule has 2 saturated heterocycles. The molecule has 2 aromatic heterocycles. The van der Waals surface area contributed by atoms with E-state index < -0.39 is 19.4 Å². The molecule has 4 heterocycles. The number of carbonyl (C=O) groups excluding carboxylic acids is 1. The second-order valence-electron chi connectivity index (χ2n) is 9.13. The number of hydrogen-bond donors (Lipinski definition) is 2. The average molecular weight is 471 g/mol. The van der Waals surface area contributed by atoms with Crippen molar-refractivity contribution >= 4 is 22.9 Å². The van der Waals surface area contributed by atoms with E-state index in [0.29, 0.717) is 30.0 Å². The Kier molecular flexibility index (Phi) is 6.40. The first-order valence-corrected chi connectivity index (χ1v) is 11.7. The molecule has 2 fully saturated rings. The molecule has 2 N–H and O–H groups in total. The minimum Gasteiger partial charge on any atom is -0.441 e. The van der Waals surface area contributed by atoms with Gasteiger partial charge in [-0.3, -0.25) is 5.32 Å². The molecule has 34 heavy (non-hydrogen) atoms. The number of hydrogen-bond acceptors (Lipinski definition) is 6. The fraction of sp³-hybridized carbons (Fsp3) is 0.500. The molecule has 10 heteroatoms. The molecule has 180 valence electrons. The summed E-state index contributed by atoms with van der Waals surface area (Å²) in [6, 6.07) is 4.73. The summed E-state index contributed by atoms with van der Waals surface area (Å²) in [5, 5.41) is 6.79. The molecule has 5 rings (SSSR count). The van der Waals surface area contributed by atoms with Crippen molar-refractivity contribution in [3.8, 4) is 11.3 Å². The van der Waals surface area contributed by atoms with Crippen molar-refractivity contribution in [2.75, 3.05) is 18.7 Å². The molecular weight excluding hydrogens is 442 g/mol. The number of piperidine rings is 2. The SMILES string of the molecule is Cc1ncc(-c2ccc3cnc(NC(=O)N4[C@@H]5CCC[C@H]4C[C@H](NC(CF)CF)C5)nc3c2)o1. The normalized spacial score (nSPS) is 22.4. The van der Waals surface area contributed by atoms with Gasteiger partial charge in [-0.2, -0.15) is 0 Å². The first kappa shape index (κ1) is 22.6. The zero-order valence-electron chi connectivity index (χ0n) is 19.0. The van der Waals surface area contributed by atoms with Crippen LogP contribution < -0.4 is 10.6 Å². The highest BCUT2D eigenvalue weighted by Crippen LogP contribution is 2.35. The Morgan fingerprint density at radius 2 is 1.94 bits per heavy atom. The molecule has 0 saturated carbocycles. The molecule has 0 aliphatic carbocycles. The monoisotopic (exact) mass is 470 g/mol. The van der Waals surface area contributed by atoms with Gasteiger partial charge in [-0.05, 0) is 38.2 Å². The van der Waals surface area contributed by atoms with Crippen molar-refractivity contribution in [3.63, 3.8) is 0 Å². The van der Waals surface area contributed by atoms with Gasteiger partial charge in [0.1, 0.15) is 13.3 Å². The topological polar surface area (TPSA) is 96.2 Å². The Morgan fingerprint density at radius 3 is 2.62 bits per heavy atom. The number of fused-ring (bicyclic) bond motifs is 3. The Labute approximate surface area is 196 Å². The van der Waals surface area contributed by atoms with Gasteiger partial charge in [0.2, 0.25) is 5.95 Å². The fourth-order valence-electron chi connectivity index (χ4n) is 5.20. The van der Waals surface area contributed by atoms with E-state index in [-0.39, 0.29) is 30.1 Å². The molecule has 0 radical (unpaired) electrons. The highest BCUT2D eigenvalue weighted by atomic mass is 19.1. The lowest BCUT2D eigenvalue weighted by Crippen LogP contribution is -2.60. The Balaban J connectivity index is 1.31. The van der Waals surface area contributed by atoms with Crippen LogP contribution in [0.15, 0.2) is 35.0 Å². The first-order valence-electron chi connectivity index (χ1n) is 11.7. The largest absolute Gasteiger partial charge is 0.441 e. The van der Waals surface area contributed by atoms with Crippen LogP contribution >= 0.6 is 0 Å². The van der Waals surface area contributed by atoms with Gasteiger partial charge in [0.15, 0.2) is 11.7 Å². The molecule has 2 amide bonds. The van der Waals surface area contributed by atoms with Gasteiger partial charge in [0, 0.05) is 42.2 Å². The minimum atomic E-state index is -0.775. The average Bonchev–Trinajstić information content (AvgIpc) is 3.27. The Hall–Kier alpha value is -3.14. The third kappa shape index (κ3) is 4.59.